The predicted octanol–water partition coefficient (Wildman–Crippen LogP) is 5.54. The molecule has 0 radical (unpaired) electrons. The summed E-state index contributed by atoms with van der Waals surface area (Å²) in [6.45, 7) is 0. The van der Waals surface area contributed by atoms with E-state index in [0.717, 1.165) is 37.8 Å². The lowest BCUT2D eigenvalue weighted by molar-refractivity contribution is -0.140. The molecule has 150 valence electrons. The lowest BCUT2D eigenvalue weighted by atomic mass is 9.94. The second kappa shape index (κ2) is 8.21. The normalized spacial score (nSPS) is 18.0. The van der Waals surface area contributed by atoms with Gasteiger partial charge in [-0.25, -0.2) is 0 Å². The fraction of sp³-hybridized carbons (Fsp3) is 0.304. The van der Waals surface area contributed by atoms with E-state index in [1.165, 1.54) is 4.90 Å². The number of para-hydroxylation sites is 1. The number of rotatable bonds is 4. The van der Waals surface area contributed by atoms with E-state index < -0.39 is 0 Å². The number of hydrogen-bond acceptors (Lipinski definition) is 3. The fourth-order valence-corrected chi connectivity index (χ4v) is 4.74. The van der Waals surface area contributed by atoms with Crippen LogP contribution in [0, 0.1) is 0 Å². The maximum Gasteiger partial charge on any atom is 0.278 e. The molecule has 1 heterocycles. The van der Waals surface area contributed by atoms with Crippen molar-refractivity contribution in [3.05, 3.63) is 69.8 Å². The second-order valence-corrected chi connectivity index (χ2v) is 8.36. The Bertz CT molecular complexity index is 982. The molecule has 2 aliphatic rings. The zero-order chi connectivity index (χ0) is 20.5. The number of hydrogen-bond donors (Lipinski definition) is 0. The summed E-state index contributed by atoms with van der Waals surface area (Å²) < 4.78 is 0. The van der Waals surface area contributed by atoms with Crippen molar-refractivity contribution >= 4 is 46.3 Å². The molecule has 1 aliphatic heterocycles. The molecule has 0 saturated heterocycles. The minimum Gasteiger partial charge on any atom is -0.339 e. The number of benzene rings is 2. The van der Waals surface area contributed by atoms with Gasteiger partial charge in [-0.05, 0) is 37.1 Å². The average molecular weight is 429 g/mol. The molecule has 2 aromatic rings. The number of imide groups is 1. The Morgan fingerprint density at radius 2 is 1.62 bits per heavy atom. The van der Waals surface area contributed by atoms with Crippen LogP contribution in [0.2, 0.25) is 10.0 Å². The van der Waals surface area contributed by atoms with Crippen molar-refractivity contribution in [1.29, 1.82) is 0 Å². The van der Waals surface area contributed by atoms with Crippen LogP contribution in [-0.4, -0.2) is 29.8 Å². The van der Waals surface area contributed by atoms with Gasteiger partial charge < -0.3 is 4.90 Å². The molecule has 6 heteroatoms. The summed E-state index contributed by atoms with van der Waals surface area (Å²) in [7, 11) is 1.81. The van der Waals surface area contributed by atoms with E-state index in [4.69, 9.17) is 23.2 Å². The third-order valence-corrected chi connectivity index (χ3v) is 6.26. The van der Waals surface area contributed by atoms with Crippen LogP contribution in [-0.2, 0) is 9.59 Å². The molecule has 4 nitrogen and oxygen atoms in total. The van der Waals surface area contributed by atoms with Crippen LogP contribution in [0.15, 0.2) is 54.2 Å². The molecule has 0 unspecified atom stereocenters. The Morgan fingerprint density at radius 3 is 2.28 bits per heavy atom. The molecule has 0 atom stereocenters. The second-order valence-electron chi connectivity index (χ2n) is 7.51. The van der Waals surface area contributed by atoms with E-state index in [1.807, 2.05) is 37.4 Å². The first-order valence-electron chi connectivity index (χ1n) is 9.85. The van der Waals surface area contributed by atoms with E-state index in [9.17, 15) is 9.59 Å². The lowest BCUT2D eigenvalue weighted by Crippen LogP contribution is -2.43. The van der Waals surface area contributed by atoms with Crippen LogP contribution in [0.1, 0.15) is 37.7 Å². The fourth-order valence-electron chi connectivity index (χ4n) is 4.23. The van der Waals surface area contributed by atoms with Crippen molar-refractivity contribution < 1.29 is 9.59 Å². The minimum atomic E-state index is -0.274. The van der Waals surface area contributed by atoms with Gasteiger partial charge in [0, 0.05) is 29.4 Å². The van der Waals surface area contributed by atoms with Crippen molar-refractivity contribution in [3.63, 3.8) is 0 Å². The average Bonchev–Trinajstić information content (AvgIpc) is 2.99. The summed E-state index contributed by atoms with van der Waals surface area (Å²) in [5, 5.41) is 0.844. The number of carbonyl (C=O) groups excluding carboxylic acids is 2. The Morgan fingerprint density at radius 1 is 0.931 bits per heavy atom. The monoisotopic (exact) mass is 428 g/mol. The van der Waals surface area contributed by atoms with Crippen LogP contribution in [0.4, 0.5) is 5.69 Å². The number of halogens is 2. The van der Waals surface area contributed by atoms with Gasteiger partial charge in [0.25, 0.3) is 11.8 Å². The smallest absolute Gasteiger partial charge is 0.278 e. The van der Waals surface area contributed by atoms with Gasteiger partial charge in [0.2, 0.25) is 0 Å². The molecule has 1 saturated carbocycles. The molecule has 29 heavy (non-hydrogen) atoms. The number of carbonyl (C=O) groups is 2. The summed E-state index contributed by atoms with van der Waals surface area (Å²) in [6, 6.07) is 14.5. The van der Waals surface area contributed by atoms with Crippen LogP contribution >= 0.6 is 23.2 Å². The van der Waals surface area contributed by atoms with Gasteiger partial charge in [-0.1, -0.05) is 66.7 Å². The van der Waals surface area contributed by atoms with Crippen molar-refractivity contribution in [1.82, 2.24) is 4.90 Å². The molecular weight excluding hydrogens is 407 g/mol. The number of likely N-dealkylation sites (N-methyl/N-ethyl adjacent to an activating group) is 1. The van der Waals surface area contributed by atoms with Gasteiger partial charge in [-0.2, -0.15) is 0 Å². The Kier molecular flexibility index (Phi) is 5.66. The number of amides is 2. The molecule has 4 rings (SSSR count). The molecule has 0 N–H and O–H groups in total. The van der Waals surface area contributed by atoms with Gasteiger partial charge in [-0.15, -0.1) is 0 Å². The number of anilines is 1. The summed E-state index contributed by atoms with van der Waals surface area (Å²) in [6.07, 6.45) is 4.90. The van der Waals surface area contributed by atoms with Crippen molar-refractivity contribution in [2.45, 2.75) is 38.1 Å². The van der Waals surface area contributed by atoms with Crippen molar-refractivity contribution in [2.24, 2.45) is 0 Å². The highest BCUT2D eigenvalue weighted by molar-refractivity contribution is 6.41. The number of nitrogens with zero attached hydrogens (tertiary/aromatic N) is 2. The predicted molar refractivity (Wildman–Crippen MR) is 117 cm³/mol. The summed E-state index contributed by atoms with van der Waals surface area (Å²) in [5.74, 6) is -0.529. The van der Waals surface area contributed by atoms with Gasteiger partial charge in [-0.3, -0.25) is 14.5 Å². The zero-order valence-electron chi connectivity index (χ0n) is 16.2. The van der Waals surface area contributed by atoms with Gasteiger partial charge in [0.15, 0.2) is 0 Å². The zero-order valence-corrected chi connectivity index (χ0v) is 17.7. The summed E-state index contributed by atoms with van der Waals surface area (Å²) in [4.78, 5) is 30.3. The van der Waals surface area contributed by atoms with Gasteiger partial charge in [0.1, 0.15) is 5.70 Å². The maximum atomic E-state index is 13.5. The maximum absolute atomic E-state index is 13.5. The van der Waals surface area contributed by atoms with Crippen molar-refractivity contribution in [2.75, 3.05) is 11.9 Å². The molecule has 2 aromatic carbocycles. The highest BCUT2D eigenvalue weighted by Gasteiger charge is 2.45. The lowest BCUT2D eigenvalue weighted by Gasteiger charge is -2.30. The van der Waals surface area contributed by atoms with Crippen molar-refractivity contribution in [3.8, 4) is 0 Å². The molecule has 0 aromatic heterocycles. The van der Waals surface area contributed by atoms with E-state index in [0.29, 0.717) is 26.9 Å². The van der Waals surface area contributed by atoms with E-state index >= 15 is 0 Å². The van der Waals surface area contributed by atoms with Gasteiger partial charge >= 0.3 is 0 Å². The first kappa shape index (κ1) is 20.0. The third-order valence-electron chi connectivity index (χ3n) is 5.71. The van der Waals surface area contributed by atoms with E-state index in [-0.39, 0.29) is 17.9 Å². The van der Waals surface area contributed by atoms with E-state index in [2.05, 4.69) is 0 Å². The van der Waals surface area contributed by atoms with Crippen LogP contribution in [0.25, 0.3) is 5.57 Å². The first-order chi connectivity index (χ1) is 14.0. The Hall–Kier alpha value is -2.30. The van der Waals surface area contributed by atoms with E-state index in [1.54, 1.807) is 23.1 Å². The van der Waals surface area contributed by atoms with Crippen LogP contribution in [0.5, 0.6) is 0 Å². The largest absolute Gasteiger partial charge is 0.339 e. The van der Waals surface area contributed by atoms with Gasteiger partial charge in [0.05, 0.1) is 10.6 Å². The Labute approximate surface area is 180 Å². The topological polar surface area (TPSA) is 40.6 Å². The quantitative estimate of drug-likeness (QED) is 0.599. The first-order valence-corrected chi connectivity index (χ1v) is 10.6. The van der Waals surface area contributed by atoms with Crippen LogP contribution in [0.3, 0.4) is 0 Å². The molecule has 1 fully saturated rings. The molecular formula is C23H22Cl2N2O2. The third kappa shape index (κ3) is 3.67. The standard InChI is InChI=1S/C23H22Cl2N2O2/c1-26(16-8-4-2-5-9-16)21-20(18-13-12-15(24)14-19(18)25)22(28)27(23(21)29)17-10-6-3-7-11-17/h2,4-5,8-9,12-14,17H,3,6-7,10-11H2,1H3. The minimum absolute atomic E-state index is 0.0634. The molecule has 0 spiro atoms. The Balaban J connectivity index is 1.85. The molecule has 1 aliphatic carbocycles. The summed E-state index contributed by atoms with van der Waals surface area (Å²) in [5.41, 5.74) is 2.06. The highest BCUT2D eigenvalue weighted by Crippen LogP contribution is 2.39. The highest BCUT2D eigenvalue weighted by atomic mass is 35.5. The molecule has 2 amide bonds. The summed E-state index contributed by atoms with van der Waals surface area (Å²) >= 11 is 12.5. The molecule has 0 bridgehead atoms. The SMILES string of the molecule is CN(C1=C(c2ccc(Cl)cc2Cl)C(=O)N(C2CCCCC2)C1=O)c1ccccc1. The van der Waals surface area contributed by atoms with Crippen LogP contribution < -0.4 is 4.90 Å².